The fourth-order valence-electron chi connectivity index (χ4n) is 3.52. The molecule has 0 amide bonds. The van der Waals surface area contributed by atoms with Gasteiger partial charge < -0.3 is 9.67 Å². The minimum atomic E-state index is -0.245. The third-order valence-corrected chi connectivity index (χ3v) is 4.71. The van der Waals surface area contributed by atoms with Gasteiger partial charge in [-0.2, -0.15) is 0 Å². The molecule has 1 unspecified atom stereocenters. The Balaban J connectivity index is 1.87. The first-order valence-corrected chi connectivity index (χ1v) is 8.02. The summed E-state index contributed by atoms with van der Waals surface area (Å²) in [7, 11) is 0. The van der Waals surface area contributed by atoms with Crippen molar-refractivity contribution in [1.29, 1.82) is 0 Å². The third kappa shape index (κ3) is 2.88. The number of halogens is 1. The van der Waals surface area contributed by atoms with Crippen LogP contribution in [0.25, 0.3) is 11.0 Å². The van der Waals surface area contributed by atoms with Gasteiger partial charge in [0.15, 0.2) is 0 Å². The number of aryl methyl sites for hydroxylation is 1. The van der Waals surface area contributed by atoms with Gasteiger partial charge in [-0.05, 0) is 38.4 Å². The van der Waals surface area contributed by atoms with Crippen LogP contribution in [-0.4, -0.2) is 39.3 Å². The Labute approximate surface area is 130 Å². The van der Waals surface area contributed by atoms with Crippen LogP contribution in [0.5, 0.6) is 0 Å². The van der Waals surface area contributed by atoms with Crippen LogP contribution < -0.4 is 0 Å². The number of imidazole rings is 1. The Kier molecular flexibility index (Phi) is 4.19. The Bertz CT molecular complexity index is 669. The Hall–Kier alpha value is -1.46. The normalized spacial score (nSPS) is 23.3. The molecule has 1 aliphatic rings. The number of fused-ring (bicyclic) bond motifs is 1. The van der Waals surface area contributed by atoms with E-state index in [1.54, 1.807) is 6.07 Å². The van der Waals surface area contributed by atoms with Gasteiger partial charge in [-0.1, -0.05) is 6.92 Å². The summed E-state index contributed by atoms with van der Waals surface area (Å²) in [6, 6.07) is 4.79. The van der Waals surface area contributed by atoms with Crippen molar-refractivity contribution in [3.8, 4) is 0 Å². The highest BCUT2D eigenvalue weighted by Gasteiger charge is 2.30. The van der Waals surface area contributed by atoms with Crippen LogP contribution in [0.3, 0.4) is 0 Å². The SMILES string of the molecule is CCn1c(CN2CCCC(C)(CO)C2)nc2cc(F)ccc21. The second-order valence-corrected chi connectivity index (χ2v) is 6.69. The minimum absolute atomic E-state index is 0.0204. The molecule has 2 aromatic rings. The molecule has 0 saturated carbocycles. The summed E-state index contributed by atoms with van der Waals surface area (Å²) >= 11 is 0. The molecule has 3 rings (SSSR count). The highest BCUT2D eigenvalue weighted by atomic mass is 19.1. The first kappa shape index (κ1) is 15.4. The monoisotopic (exact) mass is 305 g/mol. The highest BCUT2D eigenvalue weighted by Crippen LogP contribution is 2.30. The van der Waals surface area contributed by atoms with E-state index in [4.69, 9.17) is 0 Å². The zero-order valence-electron chi connectivity index (χ0n) is 13.3. The van der Waals surface area contributed by atoms with E-state index < -0.39 is 0 Å². The Morgan fingerprint density at radius 1 is 1.41 bits per heavy atom. The molecular formula is C17H24FN3O. The Morgan fingerprint density at radius 3 is 2.95 bits per heavy atom. The van der Waals surface area contributed by atoms with Crippen molar-refractivity contribution < 1.29 is 9.50 Å². The highest BCUT2D eigenvalue weighted by molar-refractivity contribution is 5.76. The molecular weight excluding hydrogens is 281 g/mol. The molecule has 2 heterocycles. The van der Waals surface area contributed by atoms with Crippen molar-refractivity contribution >= 4 is 11.0 Å². The molecule has 1 atom stereocenters. The van der Waals surface area contributed by atoms with E-state index in [0.717, 1.165) is 55.9 Å². The molecule has 1 aliphatic heterocycles. The number of aliphatic hydroxyl groups is 1. The lowest BCUT2D eigenvalue weighted by Gasteiger charge is -2.39. The largest absolute Gasteiger partial charge is 0.396 e. The van der Waals surface area contributed by atoms with Gasteiger partial charge in [0.1, 0.15) is 11.6 Å². The number of piperidine rings is 1. The van der Waals surface area contributed by atoms with Crippen LogP contribution in [0.1, 0.15) is 32.5 Å². The number of benzene rings is 1. The first-order valence-electron chi connectivity index (χ1n) is 8.02. The van der Waals surface area contributed by atoms with Crippen LogP contribution in [0.4, 0.5) is 4.39 Å². The molecule has 0 aliphatic carbocycles. The van der Waals surface area contributed by atoms with Crippen LogP contribution in [0, 0.1) is 11.2 Å². The minimum Gasteiger partial charge on any atom is -0.396 e. The number of hydrogen-bond acceptors (Lipinski definition) is 3. The number of aliphatic hydroxyl groups excluding tert-OH is 1. The summed E-state index contributed by atoms with van der Waals surface area (Å²) in [6.07, 6.45) is 2.16. The van der Waals surface area contributed by atoms with E-state index >= 15 is 0 Å². The van der Waals surface area contributed by atoms with Crippen molar-refractivity contribution in [2.75, 3.05) is 19.7 Å². The van der Waals surface area contributed by atoms with Gasteiger partial charge in [-0.25, -0.2) is 9.37 Å². The molecule has 1 aromatic heterocycles. The van der Waals surface area contributed by atoms with Crippen molar-refractivity contribution in [1.82, 2.24) is 14.5 Å². The Morgan fingerprint density at radius 2 is 2.23 bits per heavy atom. The third-order valence-electron chi connectivity index (χ3n) is 4.71. The predicted octanol–water partition coefficient (Wildman–Crippen LogP) is 2.79. The van der Waals surface area contributed by atoms with Gasteiger partial charge in [-0.3, -0.25) is 4.90 Å². The molecule has 1 aromatic carbocycles. The van der Waals surface area contributed by atoms with Gasteiger partial charge in [0.05, 0.1) is 17.6 Å². The fraction of sp³-hybridized carbons (Fsp3) is 0.588. The maximum atomic E-state index is 13.4. The van der Waals surface area contributed by atoms with E-state index in [1.165, 1.54) is 12.1 Å². The van der Waals surface area contributed by atoms with E-state index in [-0.39, 0.29) is 17.8 Å². The summed E-state index contributed by atoms with van der Waals surface area (Å²) in [5, 5.41) is 9.59. The molecule has 1 fully saturated rings. The molecule has 0 spiro atoms. The predicted molar refractivity (Wildman–Crippen MR) is 85.1 cm³/mol. The summed E-state index contributed by atoms with van der Waals surface area (Å²) in [5.41, 5.74) is 1.69. The molecule has 5 heteroatoms. The first-order chi connectivity index (χ1) is 10.5. The van der Waals surface area contributed by atoms with Crippen molar-refractivity contribution in [2.45, 2.75) is 39.8 Å². The van der Waals surface area contributed by atoms with Gasteiger partial charge in [-0.15, -0.1) is 0 Å². The molecule has 22 heavy (non-hydrogen) atoms. The zero-order valence-corrected chi connectivity index (χ0v) is 13.3. The van der Waals surface area contributed by atoms with Crippen molar-refractivity contribution in [3.63, 3.8) is 0 Å². The van der Waals surface area contributed by atoms with Gasteiger partial charge in [0.25, 0.3) is 0 Å². The second-order valence-electron chi connectivity index (χ2n) is 6.69. The van der Waals surface area contributed by atoms with Crippen molar-refractivity contribution in [3.05, 3.63) is 29.8 Å². The number of rotatable bonds is 4. The maximum absolute atomic E-state index is 13.4. The summed E-state index contributed by atoms with van der Waals surface area (Å²) in [6.45, 7) is 7.92. The van der Waals surface area contributed by atoms with Gasteiger partial charge in [0, 0.05) is 31.2 Å². The average molecular weight is 305 g/mol. The quantitative estimate of drug-likeness (QED) is 0.944. The number of hydrogen-bond donors (Lipinski definition) is 1. The average Bonchev–Trinajstić information content (AvgIpc) is 2.83. The topological polar surface area (TPSA) is 41.3 Å². The van der Waals surface area contributed by atoms with E-state index in [2.05, 4.69) is 28.3 Å². The summed E-state index contributed by atoms with van der Waals surface area (Å²) in [4.78, 5) is 6.98. The molecule has 0 bridgehead atoms. The number of likely N-dealkylation sites (tertiary alicyclic amines) is 1. The molecule has 0 radical (unpaired) electrons. The zero-order chi connectivity index (χ0) is 15.7. The smallest absolute Gasteiger partial charge is 0.125 e. The van der Waals surface area contributed by atoms with Crippen LogP contribution in [-0.2, 0) is 13.1 Å². The fourth-order valence-corrected chi connectivity index (χ4v) is 3.52. The molecule has 1 N–H and O–H groups in total. The van der Waals surface area contributed by atoms with E-state index in [9.17, 15) is 9.50 Å². The van der Waals surface area contributed by atoms with E-state index in [0.29, 0.717) is 0 Å². The maximum Gasteiger partial charge on any atom is 0.125 e. The number of aromatic nitrogens is 2. The second kappa shape index (κ2) is 5.97. The van der Waals surface area contributed by atoms with Gasteiger partial charge in [0.2, 0.25) is 0 Å². The molecule has 4 nitrogen and oxygen atoms in total. The van der Waals surface area contributed by atoms with Crippen LogP contribution >= 0.6 is 0 Å². The standard InChI is InChI=1S/C17H24FN3O/c1-3-21-15-6-5-13(18)9-14(15)19-16(21)10-20-8-4-7-17(2,11-20)12-22/h5-6,9,22H,3-4,7-8,10-12H2,1-2H3. The van der Waals surface area contributed by atoms with E-state index in [1.807, 2.05) is 0 Å². The lowest BCUT2D eigenvalue weighted by atomic mass is 9.83. The van der Waals surface area contributed by atoms with Crippen molar-refractivity contribution in [2.24, 2.45) is 5.41 Å². The molecule has 120 valence electrons. The van der Waals surface area contributed by atoms with Gasteiger partial charge >= 0.3 is 0 Å². The lowest BCUT2D eigenvalue weighted by Crippen LogP contribution is -2.43. The molecule has 1 saturated heterocycles. The number of nitrogens with zero attached hydrogens (tertiary/aromatic N) is 3. The summed E-state index contributed by atoms with van der Waals surface area (Å²) < 4.78 is 15.6. The van der Waals surface area contributed by atoms with Crippen LogP contribution in [0.15, 0.2) is 18.2 Å². The lowest BCUT2D eigenvalue weighted by molar-refractivity contribution is 0.0413. The van der Waals surface area contributed by atoms with Crippen LogP contribution in [0.2, 0.25) is 0 Å². The summed E-state index contributed by atoms with van der Waals surface area (Å²) in [5.74, 6) is 0.732.